The summed E-state index contributed by atoms with van der Waals surface area (Å²) in [7, 11) is 0. The Morgan fingerprint density at radius 1 is 1.46 bits per heavy atom. The highest BCUT2D eigenvalue weighted by molar-refractivity contribution is 7.99. The van der Waals surface area contributed by atoms with E-state index in [1.54, 1.807) is 22.9 Å². The van der Waals surface area contributed by atoms with E-state index in [-0.39, 0.29) is 17.2 Å². The largest absolute Gasteiger partial charge is 0.309 e. The van der Waals surface area contributed by atoms with Crippen LogP contribution in [0.2, 0.25) is 0 Å². The van der Waals surface area contributed by atoms with Crippen molar-refractivity contribution >= 4 is 55.7 Å². The summed E-state index contributed by atoms with van der Waals surface area (Å²) in [5.74, 6) is 1.61. The molecule has 0 saturated carbocycles. The van der Waals surface area contributed by atoms with E-state index in [2.05, 4.69) is 34.1 Å². The molecule has 3 rings (SSSR count). The summed E-state index contributed by atoms with van der Waals surface area (Å²) in [5.41, 5.74) is -0.119. The van der Waals surface area contributed by atoms with Gasteiger partial charge < -0.3 is 10.3 Å². The van der Waals surface area contributed by atoms with Gasteiger partial charge in [-0.15, -0.1) is 34.4 Å². The second-order valence-electron chi connectivity index (χ2n) is 5.41. The number of amides is 1. The molecule has 126 valence electrons. The fourth-order valence-corrected chi connectivity index (χ4v) is 4.32. The quantitative estimate of drug-likeness (QED) is 0.684. The highest BCUT2D eigenvalue weighted by atomic mass is 32.2. The fraction of sp³-hybridized carbons (Fsp3) is 0.333. The Bertz CT molecular complexity index is 899. The number of thiazole rings is 1. The second kappa shape index (κ2) is 7.45. The summed E-state index contributed by atoms with van der Waals surface area (Å²) < 4.78 is 0. The van der Waals surface area contributed by atoms with Crippen molar-refractivity contribution in [3.63, 3.8) is 0 Å². The highest BCUT2D eigenvalue weighted by Crippen LogP contribution is 2.27. The number of hydrogen-bond donors (Lipinski definition) is 2. The lowest BCUT2D eigenvalue weighted by molar-refractivity contribution is -0.113. The van der Waals surface area contributed by atoms with Gasteiger partial charge >= 0.3 is 0 Å². The number of hydrogen-bond acceptors (Lipinski definition) is 7. The van der Waals surface area contributed by atoms with Gasteiger partial charge in [0.1, 0.15) is 10.7 Å². The average molecular weight is 381 g/mol. The van der Waals surface area contributed by atoms with Crippen LogP contribution in [0, 0.1) is 0 Å². The van der Waals surface area contributed by atoms with Crippen LogP contribution in [0.4, 0.5) is 5.13 Å². The highest BCUT2D eigenvalue weighted by Gasteiger charge is 2.11. The molecule has 0 fully saturated rings. The van der Waals surface area contributed by atoms with Gasteiger partial charge in [0.15, 0.2) is 5.13 Å². The number of carbonyl (C=O) groups excluding carboxylic acids is 1. The smallest absolute Gasteiger partial charge is 0.259 e. The SMILES string of the molecule is CC(C)c1cc2c(=O)[nH]c(CSCC(=O)Nc3nccs3)nc2s1. The number of carbonyl (C=O) groups is 1. The van der Waals surface area contributed by atoms with Crippen LogP contribution in [0.3, 0.4) is 0 Å². The predicted octanol–water partition coefficient (Wildman–Crippen LogP) is 3.44. The van der Waals surface area contributed by atoms with Crippen molar-refractivity contribution in [2.45, 2.75) is 25.5 Å². The zero-order valence-electron chi connectivity index (χ0n) is 13.2. The third-order valence-corrected chi connectivity index (χ3v) is 6.15. The third-order valence-electron chi connectivity index (χ3n) is 3.19. The van der Waals surface area contributed by atoms with E-state index in [0.717, 1.165) is 9.71 Å². The van der Waals surface area contributed by atoms with Crippen molar-refractivity contribution in [2.24, 2.45) is 0 Å². The number of thioether (sulfide) groups is 1. The number of H-pyrrole nitrogens is 1. The first-order valence-corrected chi connectivity index (χ1v) is 10.2. The van der Waals surface area contributed by atoms with E-state index < -0.39 is 0 Å². The molecular weight excluding hydrogens is 364 g/mol. The van der Waals surface area contributed by atoms with Gasteiger partial charge in [-0.3, -0.25) is 9.59 Å². The van der Waals surface area contributed by atoms with Gasteiger partial charge in [0.2, 0.25) is 5.91 Å². The predicted molar refractivity (Wildman–Crippen MR) is 101 cm³/mol. The van der Waals surface area contributed by atoms with Gasteiger partial charge in [0.25, 0.3) is 5.56 Å². The molecule has 0 saturated heterocycles. The third kappa shape index (κ3) is 4.03. The van der Waals surface area contributed by atoms with Crippen molar-refractivity contribution in [2.75, 3.05) is 11.1 Å². The lowest BCUT2D eigenvalue weighted by atomic mass is 10.2. The summed E-state index contributed by atoms with van der Waals surface area (Å²) in [5, 5.41) is 5.76. The number of anilines is 1. The van der Waals surface area contributed by atoms with Crippen molar-refractivity contribution in [1.29, 1.82) is 0 Å². The minimum Gasteiger partial charge on any atom is -0.309 e. The molecule has 2 N–H and O–H groups in total. The van der Waals surface area contributed by atoms with Crippen LogP contribution in [-0.4, -0.2) is 26.6 Å². The molecule has 0 aliphatic carbocycles. The Balaban J connectivity index is 1.63. The number of rotatable bonds is 6. The molecule has 3 aromatic heterocycles. The number of aromatic amines is 1. The van der Waals surface area contributed by atoms with E-state index in [9.17, 15) is 9.59 Å². The zero-order valence-corrected chi connectivity index (χ0v) is 15.6. The first kappa shape index (κ1) is 17.1. The van der Waals surface area contributed by atoms with E-state index in [0.29, 0.717) is 28.0 Å². The lowest BCUT2D eigenvalue weighted by Gasteiger charge is -2.02. The molecule has 24 heavy (non-hydrogen) atoms. The first-order valence-electron chi connectivity index (χ1n) is 7.32. The molecule has 0 aliphatic heterocycles. The summed E-state index contributed by atoms with van der Waals surface area (Å²) in [6.07, 6.45) is 1.64. The molecule has 0 atom stereocenters. The second-order valence-corrected chi connectivity index (χ2v) is 8.36. The molecular formula is C15H16N4O2S3. The summed E-state index contributed by atoms with van der Waals surface area (Å²) >= 11 is 4.33. The Kier molecular flexibility index (Phi) is 5.32. The van der Waals surface area contributed by atoms with Crippen LogP contribution in [0.5, 0.6) is 0 Å². The molecule has 0 bridgehead atoms. The standard InChI is InChI=1S/C15H16N4O2S3/c1-8(2)10-5-9-13(21)17-11(18-14(9)24-10)6-22-7-12(20)19-15-16-3-4-23-15/h3-5,8H,6-7H2,1-2H3,(H,16,19,20)(H,17,18,21). The van der Waals surface area contributed by atoms with Crippen LogP contribution in [-0.2, 0) is 10.5 Å². The molecule has 3 aromatic rings. The minimum atomic E-state index is -0.119. The number of nitrogens with zero attached hydrogens (tertiary/aromatic N) is 2. The molecule has 0 radical (unpaired) electrons. The molecule has 0 spiro atoms. The summed E-state index contributed by atoms with van der Waals surface area (Å²) in [6.45, 7) is 4.19. The van der Waals surface area contributed by atoms with Crippen LogP contribution in [0.15, 0.2) is 22.4 Å². The maximum absolute atomic E-state index is 12.2. The van der Waals surface area contributed by atoms with Crippen molar-refractivity contribution in [1.82, 2.24) is 15.0 Å². The molecule has 0 unspecified atom stereocenters. The Morgan fingerprint density at radius 2 is 2.29 bits per heavy atom. The fourth-order valence-electron chi connectivity index (χ4n) is 2.03. The molecule has 0 aliphatic rings. The molecule has 3 heterocycles. The minimum absolute atomic E-state index is 0.114. The Hall–Kier alpha value is -1.71. The maximum atomic E-state index is 12.2. The monoisotopic (exact) mass is 380 g/mol. The zero-order chi connectivity index (χ0) is 17.1. The van der Waals surface area contributed by atoms with Crippen molar-refractivity contribution in [3.05, 3.63) is 38.7 Å². The van der Waals surface area contributed by atoms with Gasteiger partial charge in [-0.1, -0.05) is 13.8 Å². The van der Waals surface area contributed by atoms with E-state index in [1.807, 2.05) is 6.07 Å². The van der Waals surface area contributed by atoms with Crippen LogP contribution in [0.1, 0.15) is 30.5 Å². The number of aromatic nitrogens is 3. The molecule has 1 amide bonds. The van der Waals surface area contributed by atoms with Crippen LogP contribution in [0.25, 0.3) is 10.2 Å². The van der Waals surface area contributed by atoms with Crippen LogP contribution < -0.4 is 10.9 Å². The van der Waals surface area contributed by atoms with E-state index in [4.69, 9.17) is 0 Å². The van der Waals surface area contributed by atoms with Crippen molar-refractivity contribution in [3.8, 4) is 0 Å². The van der Waals surface area contributed by atoms with Gasteiger partial charge in [0, 0.05) is 16.5 Å². The van der Waals surface area contributed by atoms with Gasteiger partial charge in [-0.25, -0.2) is 9.97 Å². The Labute approximate surface area is 150 Å². The van der Waals surface area contributed by atoms with Gasteiger partial charge in [-0.05, 0) is 12.0 Å². The molecule has 0 aromatic carbocycles. The van der Waals surface area contributed by atoms with Crippen LogP contribution >= 0.6 is 34.4 Å². The van der Waals surface area contributed by atoms with Gasteiger partial charge in [0.05, 0.1) is 16.9 Å². The first-order chi connectivity index (χ1) is 11.5. The topological polar surface area (TPSA) is 87.7 Å². The normalized spacial score (nSPS) is 11.3. The van der Waals surface area contributed by atoms with E-state index >= 15 is 0 Å². The van der Waals surface area contributed by atoms with Gasteiger partial charge in [-0.2, -0.15) is 0 Å². The molecule has 9 heteroatoms. The summed E-state index contributed by atoms with van der Waals surface area (Å²) in [6, 6.07) is 1.91. The lowest BCUT2D eigenvalue weighted by Crippen LogP contribution is -2.15. The van der Waals surface area contributed by atoms with E-state index in [1.165, 1.54) is 23.1 Å². The number of nitrogens with one attached hydrogen (secondary N) is 2. The maximum Gasteiger partial charge on any atom is 0.259 e. The molecule has 6 nitrogen and oxygen atoms in total. The summed E-state index contributed by atoms with van der Waals surface area (Å²) in [4.78, 5) is 37.2. The average Bonchev–Trinajstić information content (AvgIpc) is 3.16. The van der Waals surface area contributed by atoms with Crippen molar-refractivity contribution < 1.29 is 4.79 Å². The number of fused-ring (bicyclic) bond motifs is 1. The Morgan fingerprint density at radius 3 is 3.00 bits per heavy atom. The number of thiophene rings is 1.